The molecule has 0 unspecified atom stereocenters. The van der Waals surface area contributed by atoms with E-state index in [4.69, 9.17) is 18.9 Å². The van der Waals surface area contributed by atoms with Crippen molar-refractivity contribution in [3.8, 4) is 16.9 Å². The summed E-state index contributed by atoms with van der Waals surface area (Å²) in [5.41, 5.74) is 6.49. The molecule has 2 N–H and O–H groups in total. The van der Waals surface area contributed by atoms with Crippen molar-refractivity contribution in [2.24, 2.45) is 0 Å². The Morgan fingerprint density at radius 1 is 0.929 bits per heavy atom. The number of unbranched alkanes of at least 4 members (excludes halogenated alkanes) is 2. The first kappa shape index (κ1) is 29.6. The zero-order valence-electron chi connectivity index (χ0n) is 23.7. The summed E-state index contributed by atoms with van der Waals surface area (Å²) in [6.07, 6.45) is 6.46. The number of benzene rings is 3. The lowest BCUT2D eigenvalue weighted by Crippen LogP contribution is -2.38. The second-order valence-corrected chi connectivity index (χ2v) is 10.3. The molecule has 1 fully saturated rings. The molecule has 8 heteroatoms. The van der Waals surface area contributed by atoms with Gasteiger partial charge in [-0.15, -0.1) is 0 Å². The van der Waals surface area contributed by atoms with Gasteiger partial charge in [0.25, 0.3) is 0 Å². The smallest absolute Gasteiger partial charge is 0.407 e. The standard InChI is InChI=1S/C34H36NO7/c1-39-33(37)30-15-9-16-32(41-30)42-31-20-23(17-18-24(31)21-36)10-3-2-8-19-35-34(38)40-22-29-27-13-6-4-11-25(27)26-12-5-7-14-28(26)29/h4-7,9,11-18,20,29-30,32,36H,2-3,8,10,19,21-22H2,1H3,(H,35,38)/t30-,32-/m0/s1. The highest BCUT2D eigenvalue weighted by Crippen LogP contribution is 2.44. The number of methoxy groups -OCH3 is 1. The number of carbonyl (C=O) groups excluding carboxylic acids is 2. The minimum Gasteiger partial charge on any atom is -0.467 e. The molecule has 0 spiro atoms. The van der Waals surface area contributed by atoms with E-state index in [2.05, 4.69) is 29.6 Å². The number of hydrogen-bond acceptors (Lipinski definition) is 7. The number of fused-ring (bicyclic) bond motifs is 3. The molecule has 1 heterocycles. The van der Waals surface area contributed by atoms with Crippen LogP contribution in [-0.4, -0.2) is 49.8 Å². The zero-order chi connectivity index (χ0) is 29.3. The molecule has 2 aliphatic rings. The van der Waals surface area contributed by atoms with Gasteiger partial charge in [0.1, 0.15) is 12.4 Å². The van der Waals surface area contributed by atoms with Crippen LogP contribution >= 0.6 is 0 Å². The summed E-state index contributed by atoms with van der Waals surface area (Å²) in [7, 11) is 1.30. The van der Waals surface area contributed by atoms with E-state index in [0.717, 1.165) is 31.2 Å². The van der Waals surface area contributed by atoms with E-state index in [9.17, 15) is 14.7 Å². The molecule has 1 aliphatic heterocycles. The van der Waals surface area contributed by atoms with Gasteiger partial charge in [0.15, 0.2) is 6.10 Å². The third-order valence-electron chi connectivity index (χ3n) is 7.57. The summed E-state index contributed by atoms with van der Waals surface area (Å²) in [5, 5.41) is 12.6. The van der Waals surface area contributed by atoms with Crippen LogP contribution in [0, 0.1) is 19.3 Å². The molecule has 42 heavy (non-hydrogen) atoms. The van der Waals surface area contributed by atoms with Crippen molar-refractivity contribution >= 4 is 12.1 Å². The van der Waals surface area contributed by atoms with Gasteiger partial charge in [0, 0.05) is 30.9 Å². The third kappa shape index (κ3) is 7.12. The Labute approximate surface area is 246 Å². The Hall–Kier alpha value is -3.88. The molecule has 1 amide bonds. The fraction of sp³-hybridized carbons (Fsp3) is 0.324. The van der Waals surface area contributed by atoms with Crippen molar-refractivity contribution < 1.29 is 33.6 Å². The third-order valence-corrected chi connectivity index (χ3v) is 7.57. The van der Waals surface area contributed by atoms with E-state index < -0.39 is 24.5 Å². The largest absolute Gasteiger partial charge is 0.467 e. The van der Waals surface area contributed by atoms with Crippen LogP contribution in [0.1, 0.15) is 47.4 Å². The van der Waals surface area contributed by atoms with E-state index in [1.54, 1.807) is 19.3 Å². The highest BCUT2D eigenvalue weighted by atomic mass is 16.7. The molecule has 5 rings (SSSR count). The molecule has 1 saturated heterocycles. The summed E-state index contributed by atoms with van der Waals surface area (Å²) in [4.78, 5) is 24.2. The molecule has 3 aromatic rings. The summed E-state index contributed by atoms with van der Waals surface area (Å²) < 4.78 is 21.9. The van der Waals surface area contributed by atoms with Crippen LogP contribution in [0.5, 0.6) is 5.75 Å². The first-order valence-electron chi connectivity index (χ1n) is 14.3. The number of aliphatic hydroxyl groups is 1. The molecular formula is C34H36NO7. The first-order valence-corrected chi connectivity index (χ1v) is 14.3. The van der Waals surface area contributed by atoms with E-state index in [1.165, 1.54) is 29.4 Å². The molecule has 8 nitrogen and oxygen atoms in total. The maximum absolute atomic E-state index is 12.4. The molecular weight excluding hydrogens is 534 g/mol. The van der Waals surface area contributed by atoms with Crippen LogP contribution in [0.2, 0.25) is 0 Å². The number of rotatable bonds is 12. The molecule has 0 aromatic heterocycles. The van der Waals surface area contributed by atoms with Crippen LogP contribution in [0.25, 0.3) is 11.1 Å². The average molecular weight is 571 g/mol. The van der Waals surface area contributed by atoms with Gasteiger partial charge in [0.05, 0.1) is 13.7 Å². The number of aryl methyl sites for hydroxylation is 1. The van der Waals surface area contributed by atoms with Gasteiger partial charge in [-0.05, 0) is 59.6 Å². The van der Waals surface area contributed by atoms with Crippen molar-refractivity contribution in [1.82, 2.24) is 5.32 Å². The van der Waals surface area contributed by atoms with Crippen molar-refractivity contribution in [2.45, 2.75) is 50.6 Å². The van der Waals surface area contributed by atoms with Gasteiger partial charge in [-0.1, -0.05) is 67.1 Å². The quantitative estimate of drug-likeness (QED) is 0.224. The fourth-order valence-electron chi connectivity index (χ4n) is 5.40. The number of amides is 1. The van der Waals surface area contributed by atoms with E-state index in [0.29, 0.717) is 24.5 Å². The van der Waals surface area contributed by atoms with Gasteiger partial charge < -0.3 is 29.4 Å². The second kappa shape index (κ2) is 14.3. The van der Waals surface area contributed by atoms with Gasteiger partial charge in [0.2, 0.25) is 6.29 Å². The SMILES string of the molecule is COC(=O)[C@@H]1[CH][CH][CH][C@H](Oc2cc(CCCCCNC(=O)OCC3c4ccccc4-c4ccccc43)ccc2CO)O1. The van der Waals surface area contributed by atoms with Crippen LogP contribution in [0.15, 0.2) is 66.7 Å². The molecule has 3 radical (unpaired) electrons. The summed E-state index contributed by atoms with van der Waals surface area (Å²) in [6, 6.07) is 22.3. The number of esters is 1. The Morgan fingerprint density at radius 2 is 1.67 bits per heavy atom. The first-order chi connectivity index (χ1) is 20.6. The van der Waals surface area contributed by atoms with Crippen LogP contribution in [-0.2, 0) is 32.0 Å². The molecule has 1 aliphatic carbocycles. The normalized spacial score (nSPS) is 17.7. The van der Waals surface area contributed by atoms with Gasteiger partial charge in [-0.3, -0.25) is 0 Å². The Morgan fingerprint density at radius 3 is 2.38 bits per heavy atom. The minimum absolute atomic E-state index is 0.0440. The molecule has 219 valence electrons. The van der Waals surface area contributed by atoms with Crippen LogP contribution in [0.3, 0.4) is 0 Å². The highest BCUT2D eigenvalue weighted by molar-refractivity contribution is 5.79. The Kier molecular flexibility index (Phi) is 10.1. The van der Waals surface area contributed by atoms with Crippen molar-refractivity contribution in [1.29, 1.82) is 0 Å². The maximum atomic E-state index is 12.4. The van der Waals surface area contributed by atoms with Crippen LogP contribution < -0.4 is 10.1 Å². The summed E-state index contributed by atoms with van der Waals surface area (Å²) in [6.45, 7) is 0.662. The number of aliphatic hydroxyl groups excluding tert-OH is 1. The van der Waals surface area contributed by atoms with Crippen molar-refractivity contribution in [2.75, 3.05) is 20.3 Å². The zero-order valence-corrected chi connectivity index (χ0v) is 23.7. The molecule has 2 atom stereocenters. The second-order valence-electron chi connectivity index (χ2n) is 10.3. The topological polar surface area (TPSA) is 103 Å². The average Bonchev–Trinajstić information content (AvgIpc) is 3.35. The lowest BCUT2D eigenvalue weighted by molar-refractivity contribution is -0.165. The Balaban J connectivity index is 1.03. The molecule has 0 saturated carbocycles. The molecule has 0 bridgehead atoms. The van der Waals surface area contributed by atoms with Crippen molar-refractivity contribution in [3.63, 3.8) is 0 Å². The minimum atomic E-state index is -0.840. The monoisotopic (exact) mass is 570 g/mol. The Bertz CT molecular complexity index is 1330. The summed E-state index contributed by atoms with van der Waals surface area (Å²) >= 11 is 0. The van der Waals surface area contributed by atoms with Gasteiger partial charge >= 0.3 is 12.1 Å². The predicted octanol–water partition coefficient (Wildman–Crippen LogP) is 5.32. The van der Waals surface area contributed by atoms with Crippen molar-refractivity contribution in [3.05, 3.63) is 108 Å². The number of ether oxygens (including phenoxy) is 4. The maximum Gasteiger partial charge on any atom is 0.407 e. The number of carbonyl (C=O) groups is 2. The molecule has 3 aromatic carbocycles. The lowest BCUT2D eigenvalue weighted by Gasteiger charge is -2.28. The number of nitrogens with one attached hydrogen (secondary N) is 1. The van der Waals surface area contributed by atoms with Gasteiger partial charge in [-0.25, -0.2) is 9.59 Å². The summed E-state index contributed by atoms with van der Waals surface area (Å²) in [5.74, 6) is 0.0480. The fourth-order valence-corrected chi connectivity index (χ4v) is 5.40. The predicted molar refractivity (Wildman–Crippen MR) is 157 cm³/mol. The number of alkyl carbamates (subject to hydrolysis) is 1. The van der Waals surface area contributed by atoms with Gasteiger partial charge in [-0.2, -0.15) is 0 Å². The highest BCUT2D eigenvalue weighted by Gasteiger charge is 2.31. The van der Waals surface area contributed by atoms with E-state index in [-0.39, 0.29) is 12.5 Å². The van der Waals surface area contributed by atoms with Crippen LogP contribution in [0.4, 0.5) is 4.79 Å². The van der Waals surface area contributed by atoms with E-state index in [1.807, 2.05) is 42.5 Å². The lowest BCUT2D eigenvalue weighted by atomic mass is 9.98. The van der Waals surface area contributed by atoms with E-state index >= 15 is 0 Å². The number of hydrogen-bond donors (Lipinski definition) is 2.